The van der Waals surface area contributed by atoms with Crippen LogP contribution < -0.4 is 5.56 Å². The third-order valence-electron chi connectivity index (χ3n) is 3.75. The SMILES string of the molecule is N#Cc1ccc(-c2cc(=O)n3[nH]cc(-c4ccccn4)c3n2)cc1. The van der Waals surface area contributed by atoms with E-state index < -0.39 is 0 Å². The zero-order valence-electron chi connectivity index (χ0n) is 12.5. The summed E-state index contributed by atoms with van der Waals surface area (Å²) in [5.41, 5.74) is 3.70. The summed E-state index contributed by atoms with van der Waals surface area (Å²) in [6.45, 7) is 0. The Morgan fingerprint density at radius 2 is 1.92 bits per heavy atom. The molecule has 4 rings (SSSR count). The molecule has 6 heteroatoms. The van der Waals surface area contributed by atoms with Crippen molar-refractivity contribution < 1.29 is 0 Å². The summed E-state index contributed by atoms with van der Waals surface area (Å²) in [5, 5.41) is 11.8. The van der Waals surface area contributed by atoms with E-state index in [1.807, 2.05) is 18.2 Å². The Morgan fingerprint density at radius 1 is 1.08 bits per heavy atom. The maximum absolute atomic E-state index is 12.4. The molecule has 114 valence electrons. The lowest BCUT2D eigenvalue weighted by molar-refractivity contribution is 0.901. The van der Waals surface area contributed by atoms with Gasteiger partial charge in [-0.1, -0.05) is 18.2 Å². The Morgan fingerprint density at radius 3 is 2.62 bits per heavy atom. The molecule has 0 saturated heterocycles. The molecule has 0 fully saturated rings. The van der Waals surface area contributed by atoms with Gasteiger partial charge in [0.2, 0.25) is 0 Å². The normalized spacial score (nSPS) is 10.6. The number of nitrogens with zero attached hydrogens (tertiary/aromatic N) is 4. The van der Waals surface area contributed by atoms with Crippen LogP contribution in [0.25, 0.3) is 28.2 Å². The van der Waals surface area contributed by atoms with Gasteiger partial charge in [0, 0.05) is 24.0 Å². The molecule has 3 aromatic heterocycles. The van der Waals surface area contributed by atoms with Crippen LogP contribution in [0.15, 0.2) is 65.7 Å². The van der Waals surface area contributed by atoms with Crippen molar-refractivity contribution in [2.45, 2.75) is 0 Å². The predicted octanol–water partition coefficient (Wildman–Crippen LogP) is 2.62. The van der Waals surface area contributed by atoms with Crippen molar-refractivity contribution in [2.75, 3.05) is 0 Å². The van der Waals surface area contributed by atoms with E-state index in [-0.39, 0.29) is 5.56 Å². The van der Waals surface area contributed by atoms with Gasteiger partial charge in [0.1, 0.15) is 0 Å². The van der Waals surface area contributed by atoms with Crippen molar-refractivity contribution in [3.8, 4) is 28.6 Å². The first-order valence-electron chi connectivity index (χ1n) is 7.29. The van der Waals surface area contributed by atoms with E-state index in [4.69, 9.17) is 5.26 Å². The lowest BCUT2D eigenvalue weighted by atomic mass is 10.1. The van der Waals surface area contributed by atoms with E-state index in [9.17, 15) is 4.79 Å². The van der Waals surface area contributed by atoms with E-state index in [1.54, 1.807) is 36.7 Å². The highest BCUT2D eigenvalue weighted by molar-refractivity contribution is 5.76. The molecule has 0 aliphatic carbocycles. The molecule has 1 N–H and O–H groups in total. The highest BCUT2D eigenvalue weighted by atomic mass is 16.1. The van der Waals surface area contributed by atoms with Crippen molar-refractivity contribution in [3.63, 3.8) is 0 Å². The molecule has 0 saturated carbocycles. The second kappa shape index (κ2) is 5.48. The number of aromatic amines is 1. The fourth-order valence-corrected chi connectivity index (χ4v) is 2.56. The fourth-order valence-electron chi connectivity index (χ4n) is 2.56. The quantitative estimate of drug-likeness (QED) is 0.616. The third-order valence-corrected chi connectivity index (χ3v) is 3.75. The van der Waals surface area contributed by atoms with Gasteiger partial charge >= 0.3 is 0 Å². The zero-order valence-corrected chi connectivity index (χ0v) is 12.5. The molecule has 0 radical (unpaired) electrons. The van der Waals surface area contributed by atoms with E-state index in [0.717, 1.165) is 16.8 Å². The smallest absolute Gasteiger partial charge is 0.273 e. The van der Waals surface area contributed by atoms with Crippen LogP contribution in [-0.4, -0.2) is 19.6 Å². The van der Waals surface area contributed by atoms with Gasteiger partial charge in [-0.3, -0.25) is 14.9 Å². The highest BCUT2D eigenvalue weighted by Crippen LogP contribution is 2.23. The Kier molecular flexibility index (Phi) is 3.18. The Balaban J connectivity index is 1.92. The van der Waals surface area contributed by atoms with E-state index in [1.165, 1.54) is 10.6 Å². The number of benzene rings is 1. The van der Waals surface area contributed by atoms with Crippen LogP contribution in [0.5, 0.6) is 0 Å². The first kappa shape index (κ1) is 13.9. The second-order valence-corrected chi connectivity index (χ2v) is 5.23. The number of rotatable bonds is 2. The summed E-state index contributed by atoms with van der Waals surface area (Å²) >= 11 is 0. The van der Waals surface area contributed by atoms with Gasteiger partial charge in [-0.15, -0.1) is 0 Å². The number of hydrogen-bond acceptors (Lipinski definition) is 4. The van der Waals surface area contributed by atoms with Crippen LogP contribution in [-0.2, 0) is 0 Å². The zero-order chi connectivity index (χ0) is 16.5. The number of nitriles is 1. The molecule has 0 aliphatic rings. The van der Waals surface area contributed by atoms with Crippen molar-refractivity contribution in [1.29, 1.82) is 5.26 Å². The van der Waals surface area contributed by atoms with Gasteiger partial charge in [0.15, 0.2) is 5.65 Å². The molecule has 0 unspecified atom stereocenters. The standard InChI is InChI=1S/C18H11N5O/c19-10-12-4-6-13(7-5-12)16-9-17(24)23-18(22-16)14(11-21-23)15-3-1-2-8-20-15/h1-9,11,21H. The minimum atomic E-state index is -0.207. The molecule has 3 heterocycles. The Bertz CT molecular complexity index is 1120. The van der Waals surface area contributed by atoms with Crippen LogP contribution in [0.4, 0.5) is 0 Å². The molecule has 24 heavy (non-hydrogen) atoms. The Hall–Kier alpha value is -3.72. The average Bonchev–Trinajstić information content (AvgIpc) is 3.07. The lowest BCUT2D eigenvalue weighted by Gasteiger charge is -2.03. The second-order valence-electron chi connectivity index (χ2n) is 5.23. The summed E-state index contributed by atoms with van der Waals surface area (Å²) in [6.07, 6.45) is 3.41. The van der Waals surface area contributed by atoms with Gasteiger partial charge in [0.05, 0.1) is 28.6 Å². The van der Waals surface area contributed by atoms with E-state index in [0.29, 0.717) is 16.9 Å². The fraction of sp³-hybridized carbons (Fsp3) is 0. The number of pyridine rings is 1. The first-order valence-corrected chi connectivity index (χ1v) is 7.29. The molecule has 0 bridgehead atoms. The number of H-pyrrole nitrogens is 1. The third kappa shape index (κ3) is 2.25. The number of fused-ring (bicyclic) bond motifs is 1. The van der Waals surface area contributed by atoms with Gasteiger partial charge in [-0.25, -0.2) is 9.50 Å². The molecular formula is C18H11N5O. The van der Waals surface area contributed by atoms with E-state index in [2.05, 4.69) is 21.1 Å². The summed E-state index contributed by atoms with van der Waals surface area (Å²) in [6, 6.07) is 16.1. The highest BCUT2D eigenvalue weighted by Gasteiger charge is 2.12. The molecule has 0 amide bonds. The van der Waals surface area contributed by atoms with Crippen molar-refractivity contribution >= 4 is 5.65 Å². The van der Waals surface area contributed by atoms with E-state index >= 15 is 0 Å². The molecule has 4 aromatic rings. The Labute approximate surface area is 136 Å². The number of hydrogen-bond donors (Lipinski definition) is 1. The maximum atomic E-state index is 12.4. The molecular weight excluding hydrogens is 302 g/mol. The van der Waals surface area contributed by atoms with Crippen LogP contribution in [0, 0.1) is 11.3 Å². The molecule has 0 spiro atoms. The van der Waals surface area contributed by atoms with Crippen molar-refractivity contribution in [1.82, 2.24) is 19.6 Å². The van der Waals surface area contributed by atoms with Crippen LogP contribution in [0.1, 0.15) is 5.56 Å². The van der Waals surface area contributed by atoms with Gasteiger partial charge in [0.25, 0.3) is 5.56 Å². The minimum absolute atomic E-state index is 0.207. The predicted molar refractivity (Wildman–Crippen MR) is 89.2 cm³/mol. The minimum Gasteiger partial charge on any atom is -0.296 e. The molecule has 1 aromatic carbocycles. The lowest BCUT2D eigenvalue weighted by Crippen LogP contribution is -2.14. The molecule has 6 nitrogen and oxygen atoms in total. The molecule has 0 atom stereocenters. The topological polar surface area (TPSA) is 86.8 Å². The van der Waals surface area contributed by atoms with Crippen LogP contribution in [0.3, 0.4) is 0 Å². The largest absolute Gasteiger partial charge is 0.296 e. The average molecular weight is 313 g/mol. The van der Waals surface area contributed by atoms with Gasteiger partial charge in [-0.2, -0.15) is 5.26 Å². The monoisotopic (exact) mass is 313 g/mol. The summed E-state index contributed by atoms with van der Waals surface area (Å²) in [5.74, 6) is 0. The van der Waals surface area contributed by atoms with Crippen molar-refractivity contribution in [3.05, 3.63) is 76.8 Å². The van der Waals surface area contributed by atoms with Crippen LogP contribution >= 0.6 is 0 Å². The van der Waals surface area contributed by atoms with Gasteiger partial charge in [-0.05, 0) is 24.3 Å². The van der Waals surface area contributed by atoms with Gasteiger partial charge < -0.3 is 0 Å². The maximum Gasteiger partial charge on any atom is 0.273 e. The van der Waals surface area contributed by atoms with Crippen molar-refractivity contribution in [2.24, 2.45) is 0 Å². The first-order chi connectivity index (χ1) is 11.8. The summed E-state index contributed by atoms with van der Waals surface area (Å²) < 4.78 is 1.39. The number of nitrogens with one attached hydrogen (secondary N) is 1. The number of aromatic nitrogens is 4. The van der Waals surface area contributed by atoms with Crippen LogP contribution in [0.2, 0.25) is 0 Å². The summed E-state index contributed by atoms with van der Waals surface area (Å²) in [4.78, 5) is 21.3. The molecule has 0 aliphatic heterocycles. The summed E-state index contributed by atoms with van der Waals surface area (Å²) in [7, 11) is 0.